The number of likely N-dealkylation sites (N-methyl/N-ethyl adjacent to an activating group) is 1. The van der Waals surface area contributed by atoms with Crippen molar-refractivity contribution in [3.05, 3.63) is 39.7 Å². The lowest BCUT2D eigenvalue weighted by molar-refractivity contribution is -0.153. The molecule has 0 bridgehead atoms. The smallest absolute Gasteiger partial charge is 0.255 e. The van der Waals surface area contributed by atoms with Gasteiger partial charge in [-0.05, 0) is 56.9 Å². The number of benzene rings is 1. The van der Waals surface area contributed by atoms with Gasteiger partial charge in [0.15, 0.2) is 11.4 Å². The van der Waals surface area contributed by atoms with E-state index in [1.165, 1.54) is 4.90 Å². The summed E-state index contributed by atoms with van der Waals surface area (Å²) >= 11 is 0. The van der Waals surface area contributed by atoms with Crippen LogP contribution in [0.3, 0.4) is 0 Å². The van der Waals surface area contributed by atoms with E-state index >= 15 is 0 Å². The molecule has 41 heavy (non-hydrogen) atoms. The van der Waals surface area contributed by atoms with Crippen LogP contribution in [0.1, 0.15) is 43.9 Å². The lowest BCUT2D eigenvalue weighted by Crippen LogP contribution is -2.65. The molecule has 6 N–H and O–H groups in total. The zero-order valence-electron chi connectivity index (χ0n) is 25.1. The number of carbonyl (C=O) groups is 3. The number of aliphatic hydroxyl groups excluding tert-OH is 2. The summed E-state index contributed by atoms with van der Waals surface area (Å²) in [4.78, 5) is 45.0. The van der Waals surface area contributed by atoms with E-state index in [-0.39, 0.29) is 35.1 Å². The highest BCUT2D eigenvalue weighted by atomic mass is 16.3. The molecule has 0 saturated heterocycles. The van der Waals surface area contributed by atoms with Gasteiger partial charge in [0.25, 0.3) is 5.91 Å². The number of carbonyl (C=O) groups excluding carboxylic acids is 3. The first kappa shape index (κ1) is 30.5. The Kier molecular flexibility index (Phi) is 7.56. The minimum absolute atomic E-state index is 0.00583. The van der Waals surface area contributed by atoms with Gasteiger partial charge in [-0.1, -0.05) is 20.8 Å². The molecule has 0 aliphatic heterocycles. The first-order valence-corrected chi connectivity index (χ1v) is 13.7. The number of aromatic hydroxyl groups is 1. The summed E-state index contributed by atoms with van der Waals surface area (Å²) in [6, 6.07) is 0.766. The Bertz CT molecular complexity index is 1390. The fourth-order valence-electron chi connectivity index (χ4n) is 7.02. The molecule has 1 aromatic rings. The number of nitrogens with zero attached hydrogens (tertiary/aromatic N) is 3. The summed E-state index contributed by atoms with van der Waals surface area (Å²) in [5, 5.41) is 45.9. The lowest BCUT2D eigenvalue weighted by Gasteiger charge is -2.50. The molecule has 1 amide bonds. The number of phenolic OH excluding ortho intramolecular Hbond substituents is 1. The molecule has 0 spiro atoms. The van der Waals surface area contributed by atoms with Crippen LogP contribution in [-0.4, -0.2) is 101 Å². The van der Waals surface area contributed by atoms with Crippen molar-refractivity contribution < 1.29 is 34.8 Å². The van der Waals surface area contributed by atoms with Crippen LogP contribution >= 0.6 is 0 Å². The van der Waals surface area contributed by atoms with E-state index < -0.39 is 58.0 Å². The second-order valence-corrected chi connectivity index (χ2v) is 13.3. The third-order valence-corrected chi connectivity index (χ3v) is 8.44. The number of amides is 1. The van der Waals surface area contributed by atoms with Crippen molar-refractivity contribution in [2.75, 3.05) is 46.7 Å². The van der Waals surface area contributed by atoms with Crippen molar-refractivity contribution in [2.24, 2.45) is 23.0 Å². The fourth-order valence-corrected chi connectivity index (χ4v) is 7.02. The second kappa shape index (κ2) is 10.1. The standard InChI is InChI=1S/C30H42N4O7/c1-29(2,3)13-34(8)12-15-11-18(32(4)5)16-9-14-10-17-22(33(6)7)25(37)21(28(31)40)27(39)30(17,41)26(38)19(14)24(36)20(16)23(15)35/h11,14,17,22,35-36,39,41H,9-10,12-13H2,1-8H3,(H2,31,40)/t14-,17-,22-,30-/m1/s1. The molecule has 4 atom stereocenters. The maximum atomic E-state index is 14.1. The predicted molar refractivity (Wildman–Crippen MR) is 154 cm³/mol. The average molecular weight is 571 g/mol. The summed E-state index contributed by atoms with van der Waals surface area (Å²) < 4.78 is 0. The van der Waals surface area contributed by atoms with Gasteiger partial charge in [0.1, 0.15) is 22.8 Å². The van der Waals surface area contributed by atoms with E-state index in [0.29, 0.717) is 17.7 Å². The number of ketones is 2. The number of rotatable bonds is 6. The molecule has 0 aromatic heterocycles. The predicted octanol–water partition coefficient (Wildman–Crippen LogP) is 1.51. The Labute approximate surface area is 240 Å². The fraction of sp³-hybridized carbons (Fsp3) is 0.567. The highest BCUT2D eigenvalue weighted by Gasteiger charge is 2.64. The molecule has 0 radical (unpaired) electrons. The van der Waals surface area contributed by atoms with Gasteiger partial charge in [0.05, 0.1) is 11.6 Å². The zero-order valence-corrected chi connectivity index (χ0v) is 25.1. The molecule has 3 aliphatic rings. The molecule has 0 unspecified atom stereocenters. The van der Waals surface area contributed by atoms with Crippen molar-refractivity contribution in [1.29, 1.82) is 0 Å². The SMILES string of the molecule is CN(Cc1cc(N(C)C)c2c(c1O)C(O)=C1C(=O)[C@@]3(O)C(O)=C(C(N)=O)C(=O)[C@H](N(C)C)[C@H]3C[C@H]1C2)CC(C)(C)C. The van der Waals surface area contributed by atoms with Crippen LogP contribution in [0.5, 0.6) is 5.75 Å². The van der Waals surface area contributed by atoms with Gasteiger partial charge in [-0.25, -0.2) is 0 Å². The van der Waals surface area contributed by atoms with Crippen molar-refractivity contribution in [3.63, 3.8) is 0 Å². The lowest BCUT2D eigenvalue weighted by atomic mass is 9.57. The number of primary amides is 1. The third-order valence-electron chi connectivity index (χ3n) is 8.44. The maximum Gasteiger partial charge on any atom is 0.255 e. The van der Waals surface area contributed by atoms with Gasteiger partial charge in [0.2, 0.25) is 5.78 Å². The number of phenols is 1. The van der Waals surface area contributed by atoms with Crippen LogP contribution < -0.4 is 10.6 Å². The Balaban J connectivity index is 1.93. The van der Waals surface area contributed by atoms with Gasteiger partial charge < -0.3 is 36.0 Å². The molecule has 224 valence electrons. The van der Waals surface area contributed by atoms with Gasteiger partial charge in [-0.2, -0.15) is 0 Å². The number of aliphatic hydroxyl groups is 3. The molecule has 3 aliphatic carbocycles. The van der Waals surface area contributed by atoms with Gasteiger partial charge in [-0.3, -0.25) is 19.3 Å². The first-order chi connectivity index (χ1) is 18.8. The minimum atomic E-state index is -2.66. The first-order valence-electron chi connectivity index (χ1n) is 13.7. The molecule has 11 nitrogen and oxygen atoms in total. The number of nitrogens with two attached hydrogens (primary N) is 1. The van der Waals surface area contributed by atoms with E-state index in [1.54, 1.807) is 14.1 Å². The van der Waals surface area contributed by atoms with E-state index in [1.807, 2.05) is 32.1 Å². The Morgan fingerprint density at radius 2 is 1.71 bits per heavy atom. The molecule has 1 saturated carbocycles. The summed E-state index contributed by atoms with van der Waals surface area (Å²) in [6.45, 7) is 7.44. The summed E-state index contributed by atoms with van der Waals surface area (Å²) in [5.74, 6) is -6.52. The zero-order chi connectivity index (χ0) is 30.9. The third kappa shape index (κ3) is 4.79. The summed E-state index contributed by atoms with van der Waals surface area (Å²) in [7, 11) is 8.80. The maximum absolute atomic E-state index is 14.1. The second-order valence-electron chi connectivity index (χ2n) is 13.3. The Hall–Kier alpha value is -3.41. The Morgan fingerprint density at radius 1 is 1.10 bits per heavy atom. The van der Waals surface area contributed by atoms with Crippen LogP contribution in [0.2, 0.25) is 0 Å². The highest BCUT2D eigenvalue weighted by molar-refractivity contribution is 6.24. The monoisotopic (exact) mass is 570 g/mol. The van der Waals surface area contributed by atoms with Gasteiger partial charge in [-0.15, -0.1) is 0 Å². The summed E-state index contributed by atoms with van der Waals surface area (Å²) in [6.07, 6.45) is 0.295. The van der Waals surface area contributed by atoms with E-state index in [9.17, 15) is 34.8 Å². The van der Waals surface area contributed by atoms with E-state index in [4.69, 9.17) is 5.73 Å². The number of hydrogen-bond acceptors (Lipinski definition) is 10. The number of hydrogen-bond donors (Lipinski definition) is 5. The van der Waals surface area contributed by atoms with E-state index in [2.05, 4.69) is 25.7 Å². The topological polar surface area (TPSA) is 168 Å². The molecule has 4 rings (SSSR count). The largest absolute Gasteiger partial charge is 0.508 e. The summed E-state index contributed by atoms with van der Waals surface area (Å²) in [5.41, 5.74) is 3.82. The molecule has 1 aromatic carbocycles. The van der Waals surface area contributed by atoms with Gasteiger partial charge in [0, 0.05) is 49.9 Å². The van der Waals surface area contributed by atoms with Crippen molar-refractivity contribution in [3.8, 4) is 5.75 Å². The van der Waals surface area contributed by atoms with Crippen molar-refractivity contribution in [1.82, 2.24) is 9.80 Å². The normalized spacial score (nSPS) is 26.4. The van der Waals surface area contributed by atoms with E-state index in [0.717, 1.165) is 12.2 Å². The Morgan fingerprint density at radius 3 is 2.22 bits per heavy atom. The van der Waals surface area contributed by atoms with Crippen LogP contribution in [0.15, 0.2) is 23.0 Å². The molecule has 11 heteroatoms. The van der Waals surface area contributed by atoms with Crippen LogP contribution in [-0.2, 0) is 27.3 Å². The molecule has 1 fully saturated rings. The molecular weight excluding hydrogens is 528 g/mol. The number of anilines is 1. The molecular formula is C30H42N4O7. The number of fused-ring (bicyclic) bond motifs is 3. The minimum Gasteiger partial charge on any atom is -0.508 e. The quantitative estimate of drug-likeness (QED) is 0.316. The average Bonchev–Trinajstić information content (AvgIpc) is 2.81. The van der Waals surface area contributed by atoms with Gasteiger partial charge >= 0.3 is 0 Å². The van der Waals surface area contributed by atoms with Crippen molar-refractivity contribution in [2.45, 2.75) is 51.8 Å². The molecule has 0 heterocycles. The van der Waals surface area contributed by atoms with Crippen LogP contribution in [0, 0.1) is 17.3 Å². The van der Waals surface area contributed by atoms with Crippen LogP contribution in [0.4, 0.5) is 5.69 Å². The highest BCUT2D eigenvalue weighted by Crippen LogP contribution is 2.54. The van der Waals surface area contributed by atoms with Crippen LogP contribution in [0.25, 0.3) is 5.76 Å². The van der Waals surface area contributed by atoms with Crippen molar-refractivity contribution >= 4 is 28.9 Å². The number of Topliss-reactive ketones (excluding diaryl/α,β-unsaturated/α-hetero) is 2.